The van der Waals surface area contributed by atoms with Crippen molar-refractivity contribution in [3.8, 4) is 0 Å². The Balaban J connectivity index is 1.52. The van der Waals surface area contributed by atoms with E-state index in [0.717, 1.165) is 19.5 Å². The Morgan fingerprint density at radius 2 is 2.17 bits per heavy atom. The first kappa shape index (κ1) is 16.6. The summed E-state index contributed by atoms with van der Waals surface area (Å²) in [5, 5.41) is 3.85. The van der Waals surface area contributed by atoms with Crippen molar-refractivity contribution in [2.24, 2.45) is 0 Å². The standard InChI is InChI=1S/C18H24N4O2/c1-13-6-4-5-7-15(13)10-21(3)17(23)12-22-9-8-16(11-22)18-19-14(2)20-24-18/h4-7,16H,8-12H2,1-3H3/t16-/m0/s1. The molecule has 2 aromatic rings. The minimum Gasteiger partial charge on any atom is -0.340 e. The van der Waals surface area contributed by atoms with Crippen LogP contribution in [0.15, 0.2) is 28.8 Å². The number of likely N-dealkylation sites (tertiary alicyclic amines) is 1. The molecular weight excluding hydrogens is 304 g/mol. The van der Waals surface area contributed by atoms with Gasteiger partial charge in [-0.15, -0.1) is 0 Å². The minimum atomic E-state index is 0.139. The van der Waals surface area contributed by atoms with Crippen LogP contribution in [0.4, 0.5) is 0 Å². The van der Waals surface area contributed by atoms with Gasteiger partial charge in [0.1, 0.15) is 0 Å². The summed E-state index contributed by atoms with van der Waals surface area (Å²) in [5.41, 5.74) is 2.40. The Morgan fingerprint density at radius 1 is 1.38 bits per heavy atom. The number of rotatable bonds is 5. The van der Waals surface area contributed by atoms with Gasteiger partial charge in [-0.1, -0.05) is 29.4 Å². The molecule has 1 fully saturated rings. The van der Waals surface area contributed by atoms with E-state index < -0.39 is 0 Å². The van der Waals surface area contributed by atoms with Gasteiger partial charge in [0.2, 0.25) is 11.8 Å². The maximum atomic E-state index is 12.5. The van der Waals surface area contributed by atoms with Crippen molar-refractivity contribution in [2.45, 2.75) is 32.7 Å². The zero-order valence-electron chi connectivity index (χ0n) is 14.5. The smallest absolute Gasteiger partial charge is 0.236 e. The Hall–Kier alpha value is -2.21. The second-order valence-electron chi connectivity index (χ2n) is 6.58. The molecule has 1 aliphatic heterocycles. The lowest BCUT2D eigenvalue weighted by molar-refractivity contribution is -0.131. The average Bonchev–Trinajstić information content (AvgIpc) is 3.18. The highest BCUT2D eigenvalue weighted by Crippen LogP contribution is 2.25. The van der Waals surface area contributed by atoms with Gasteiger partial charge in [0.05, 0.1) is 12.5 Å². The van der Waals surface area contributed by atoms with Crippen molar-refractivity contribution in [1.29, 1.82) is 0 Å². The van der Waals surface area contributed by atoms with E-state index in [0.29, 0.717) is 24.8 Å². The van der Waals surface area contributed by atoms with E-state index in [9.17, 15) is 4.79 Å². The highest BCUT2D eigenvalue weighted by atomic mass is 16.5. The predicted octanol–water partition coefficient (Wildman–Crippen LogP) is 2.13. The molecule has 0 bridgehead atoms. The van der Waals surface area contributed by atoms with Crippen LogP contribution in [0.3, 0.4) is 0 Å². The third kappa shape index (κ3) is 3.82. The molecule has 1 amide bonds. The Labute approximate surface area is 142 Å². The number of likely N-dealkylation sites (N-methyl/N-ethyl adjacent to an activating group) is 1. The predicted molar refractivity (Wildman–Crippen MR) is 90.5 cm³/mol. The maximum absolute atomic E-state index is 12.5. The molecule has 1 atom stereocenters. The molecule has 6 heteroatoms. The van der Waals surface area contributed by atoms with Crippen molar-refractivity contribution in [3.05, 3.63) is 47.1 Å². The molecule has 24 heavy (non-hydrogen) atoms. The molecule has 0 N–H and O–H groups in total. The number of aryl methyl sites for hydroxylation is 2. The van der Waals surface area contributed by atoms with E-state index in [1.165, 1.54) is 11.1 Å². The summed E-state index contributed by atoms with van der Waals surface area (Å²) in [5.74, 6) is 1.73. The van der Waals surface area contributed by atoms with Gasteiger partial charge in [-0.2, -0.15) is 4.98 Å². The lowest BCUT2D eigenvalue weighted by Gasteiger charge is -2.22. The zero-order chi connectivity index (χ0) is 17.1. The number of carbonyl (C=O) groups is 1. The molecule has 0 radical (unpaired) electrons. The monoisotopic (exact) mass is 328 g/mol. The largest absolute Gasteiger partial charge is 0.340 e. The first-order valence-corrected chi connectivity index (χ1v) is 8.34. The lowest BCUT2D eigenvalue weighted by Crippen LogP contribution is -2.37. The summed E-state index contributed by atoms with van der Waals surface area (Å²) in [7, 11) is 1.86. The van der Waals surface area contributed by atoms with Crippen LogP contribution in [0.25, 0.3) is 0 Å². The number of hydrogen-bond acceptors (Lipinski definition) is 5. The molecule has 3 rings (SSSR count). The molecule has 1 aromatic heterocycles. The van der Waals surface area contributed by atoms with Gasteiger partial charge >= 0.3 is 0 Å². The average molecular weight is 328 g/mol. The summed E-state index contributed by atoms with van der Waals surface area (Å²) >= 11 is 0. The fourth-order valence-corrected chi connectivity index (χ4v) is 3.10. The normalized spacial score (nSPS) is 18.0. The fraction of sp³-hybridized carbons (Fsp3) is 0.500. The number of carbonyl (C=O) groups excluding carboxylic acids is 1. The van der Waals surface area contributed by atoms with Crippen molar-refractivity contribution >= 4 is 5.91 Å². The van der Waals surface area contributed by atoms with Crippen LogP contribution in [-0.4, -0.2) is 52.5 Å². The molecule has 6 nitrogen and oxygen atoms in total. The topological polar surface area (TPSA) is 62.5 Å². The molecule has 0 aliphatic carbocycles. The first-order valence-electron chi connectivity index (χ1n) is 8.34. The number of aromatic nitrogens is 2. The quantitative estimate of drug-likeness (QED) is 0.841. The molecule has 0 unspecified atom stereocenters. The summed E-state index contributed by atoms with van der Waals surface area (Å²) < 4.78 is 5.26. The van der Waals surface area contributed by atoms with E-state index in [4.69, 9.17) is 4.52 Å². The van der Waals surface area contributed by atoms with Gasteiger partial charge in [0.15, 0.2) is 5.82 Å². The maximum Gasteiger partial charge on any atom is 0.236 e. The third-order valence-corrected chi connectivity index (χ3v) is 4.62. The van der Waals surface area contributed by atoms with Gasteiger partial charge in [-0.05, 0) is 37.9 Å². The second kappa shape index (κ2) is 7.13. The summed E-state index contributed by atoms with van der Waals surface area (Å²) in [6.45, 7) is 6.66. The fourth-order valence-electron chi connectivity index (χ4n) is 3.10. The lowest BCUT2D eigenvalue weighted by atomic mass is 10.1. The van der Waals surface area contributed by atoms with Crippen LogP contribution in [0.5, 0.6) is 0 Å². The van der Waals surface area contributed by atoms with Gasteiger partial charge in [0.25, 0.3) is 0 Å². The molecule has 1 aliphatic rings. The van der Waals surface area contributed by atoms with Crippen molar-refractivity contribution < 1.29 is 9.32 Å². The van der Waals surface area contributed by atoms with Crippen LogP contribution in [0.1, 0.15) is 35.2 Å². The van der Waals surface area contributed by atoms with E-state index in [1.807, 2.05) is 26.1 Å². The number of nitrogens with zero attached hydrogens (tertiary/aromatic N) is 4. The van der Waals surface area contributed by atoms with Gasteiger partial charge in [-0.25, -0.2) is 0 Å². The first-order chi connectivity index (χ1) is 11.5. The molecule has 1 aromatic carbocycles. The van der Waals surface area contributed by atoms with Crippen LogP contribution in [-0.2, 0) is 11.3 Å². The number of benzene rings is 1. The number of hydrogen-bond donors (Lipinski definition) is 0. The molecule has 128 valence electrons. The summed E-state index contributed by atoms with van der Waals surface area (Å²) in [6, 6.07) is 8.18. The van der Waals surface area contributed by atoms with Gasteiger partial charge < -0.3 is 9.42 Å². The van der Waals surface area contributed by atoms with Crippen LogP contribution < -0.4 is 0 Å². The Kier molecular flexibility index (Phi) is 4.94. The van der Waals surface area contributed by atoms with Crippen molar-refractivity contribution in [3.63, 3.8) is 0 Å². The van der Waals surface area contributed by atoms with E-state index in [1.54, 1.807) is 4.90 Å². The van der Waals surface area contributed by atoms with Crippen molar-refractivity contribution in [2.75, 3.05) is 26.7 Å². The van der Waals surface area contributed by atoms with E-state index >= 15 is 0 Å². The minimum absolute atomic E-state index is 0.139. The molecule has 2 heterocycles. The highest BCUT2D eigenvalue weighted by Gasteiger charge is 2.29. The molecule has 0 saturated carbocycles. The third-order valence-electron chi connectivity index (χ3n) is 4.62. The van der Waals surface area contributed by atoms with E-state index in [2.05, 4.69) is 34.1 Å². The van der Waals surface area contributed by atoms with Crippen LogP contribution >= 0.6 is 0 Å². The Bertz CT molecular complexity index is 713. The number of amides is 1. The Morgan fingerprint density at radius 3 is 2.88 bits per heavy atom. The van der Waals surface area contributed by atoms with Gasteiger partial charge in [0, 0.05) is 20.1 Å². The molecular formula is C18H24N4O2. The summed E-state index contributed by atoms with van der Waals surface area (Å²) in [6.07, 6.45) is 0.955. The second-order valence-corrected chi connectivity index (χ2v) is 6.58. The van der Waals surface area contributed by atoms with Gasteiger partial charge in [-0.3, -0.25) is 9.69 Å². The SMILES string of the molecule is Cc1noc([C@H]2CCN(CC(=O)N(C)Cc3ccccc3C)C2)n1. The zero-order valence-corrected chi connectivity index (χ0v) is 14.5. The van der Waals surface area contributed by atoms with Crippen LogP contribution in [0.2, 0.25) is 0 Å². The van der Waals surface area contributed by atoms with Crippen LogP contribution in [0, 0.1) is 13.8 Å². The molecule has 0 spiro atoms. The summed E-state index contributed by atoms with van der Waals surface area (Å²) in [4.78, 5) is 20.8. The van der Waals surface area contributed by atoms with E-state index in [-0.39, 0.29) is 11.8 Å². The highest BCUT2D eigenvalue weighted by molar-refractivity contribution is 5.78. The molecule has 1 saturated heterocycles. The van der Waals surface area contributed by atoms with Crippen molar-refractivity contribution in [1.82, 2.24) is 19.9 Å².